The first-order valence-electron chi connectivity index (χ1n) is 13.4. The van der Waals surface area contributed by atoms with Crippen LogP contribution < -0.4 is 10.6 Å². The van der Waals surface area contributed by atoms with Gasteiger partial charge in [0.2, 0.25) is 0 Å². The van der Waals surface area contributed by atoms with Gasteiger partial charge in [-0.2, -0.15) is 0 Å². The lowest BCUT2D eigenvalue weighted by atomic mass is 10.0. The molecular weight excluding hydrogens is 516 g/mol. The quantitative estimate of drug-likeness (QED) is 0.222. The number of fused-ring (bicyclic) bond motifs is 1. The van der Waals surface area contributed by atoms with Crippen LogP contribution in [0.4, 0.5) is 17.2 Å². The van der Waals surface area contributed by atoms with Gasteiger partial charge in [0.15, 0.2) is 11.5 Å². The van der Waals surface area contributed by atoms with E-state index in [0.29, 0.717) is 39.9 Å². The number of carbonyl (C=O) groups excluding carboxylic acids is 2. The lowest BCUT2D eigenvalue weighted by molar-refractivity contribution is 0.0767. The molecule has 0 bridgehead atoms. The fraction of sp³-hybridized carbons (Fsp3) is 0.188. The molecule has 0 aliphatic carbocycles. The zero-order valence-electron chi connectivity index (χ0n) is 23.2. The van der Waals surface area contributed by atoms with Crippen LogP contribution in [0.15, 0.2) is 91.4 Å². The van der Waals surface area contributed by atoms with E-state index < -0.39 is 0 Å². The monoisotopic (exact) mass is 548 g/mol. The Morgan fingerprint density at radius 2 is 1.71 bits per heavy atom. The zero-order valence-corrected chi connectivity index (χ0v) is 23.2. The molecule has 0 atom stereocenters. The Morgan fingerprint density at radius 1 is 0.976 bits per heavy atom. The Morgan fingerprint density at radius 3 is 2.41 bits per heavy atom. The van der Waals surface area contributed by atoms with Gasteiger partial charge in [0.25, 0.3) is 11.8 Å². The number of aliphatic hydroxyl groups excluding tert-OH is 1. The minimum Gasteiger partial charge on any atom is -0.395 e. The van der Waals surface area contributed by atoms with Crippen molar-refractivity contribution < 1.29 is 14.7 Å². The van der Waals surface area contributed by atoms with Gasteiger partial charge < -0.3 is 25.0 Å². The number of rotatable bonds is 9. The summed E-state index contributed by atoms with van der Waals surface area (Å²) < 4.78 is 1.88. The molecule has 0 fully saturated rings. The number of hydrogen-bond donors (Lipinski definition) is 3. The summed E-state index contributed by atoms with van der Waals surface area (Å²) in [5.41, 5.74) is 5.86. The van der Waals surface area contributed by atoms with E-state index in [1.54, 1.807) is 37.5 Å². The second-order valence-corrected chi connectivity index (χ2v) is 10.1. The normalized spacial score (nSPS) is 11.0. The van der Waals surface area contributed by atoms with Crippen molar-refractivity contribution in [3.63, 3.8) is 0 Å². The van der Waals surface area contributed by atoms with Crippen LogP contribution in [0.1, 0.15) is 46.0 Å². The lowest BCUT2D eigenvalue weighted by Gasteiger charge is -2.16. The molecule has 5 aromatic rings. The molecule has 0 unspecified atom stereocenters. The summed E-state index contributed by atoms with van der Waals surface area (Å²) in [5, 5.41) is 15.4. The lowest BCUT2D eigenvalue weighted by Crippen LogP contribution is -2.29. The van der Waals surface area contributed by atoms with Crippen molar-refractivity contribution in [2.75, 3.05) is 30.8 Å². The molecule has 2 amide bonds. The molecule has 3 N–H and O–H groups in total. The van der Waals surface area contributed by atoms with Gasteiger partial charge in [-0.3, -0.25) is 9.59 Å². The SMILES string of the molecule is CC(C)c1ccc(C(=O)Nc2cccc(-c3cn4ccnc4c(Nc4ccc(C(=O)N(C)CCO)cc4)n3)c2)cc1. The molecule has 3 aromatic carbocycles. The fourth-order valence-electron chi connectivity index (χ4n) is 4.44. The highest BCUT2D eigenvalue weighted by atomic mass is 16.3. The molecule has 5 rings (SSSR count). The molecule has 2 aromatic heterocycles. The van der Waals surface area contributed by atoms with Crippen molar-refractivity contribution in [3.8, 4) is 11.3 Å². The highest BCUT2D eigenvalue weighted by molar-refractivity contribution is 6.04. The number of nitrogens with zero attached hydrogens (tertiary/aromatic N) is 4. The van der Waals surface area contributed by atoms with Crippen LogP contribution in [0.3, 0.4) is 0 Å². The van der Waals surface area contributed by atoms with Gasteiger partial charge in [-0.25, -0.2) is 9.97 Å². The number of nitrogens with one attached hydrogen (secondary N) is 2. The molecule has 0 saturated heterocycles. The molecule has 0 radical (unpaired) electrons. The fourth-order valence-corrected chi connectivity index (χ4v) is 4.44. The Hall–Kier alpha value is -5.02. The molecule has 41 heavy (non-hydrogen) atoms. The molecule has 0 saturated carbocycles. The van der Waals surface area contributed by atoms with E-state index in [1.807, 2.05) is 65.3 Å². The highest BCUT2D eigenvalue weighted by Crippen LogP contribution is 2.27. The topological polar surface area (TPSA) is 112 Å². The Bertz CT molecular complexity index is 1680. The van der Waals surface area contributed by atoms with Crippen molar-refractivity contribution in [2.45, 2.75) is 19.8 Å². The number of aromatic nitrogens is 3. The van der Waals surface area contributed by atoms with Crippen LogP contribution in [-0.2, 0) is 0 Å². The average Bonchev–Trinajstić information content (AvgIpc) is 3.47. The summed E-state index contributed by atoms with van der Waals surface area (Å²) in [6, 6.07) is 22.3. The number of imidazole rings is 1. The molecule has 0 aliphatic rings. The summed E-state index contributed by atoms with van der Waals surface area (Å²) >= 11 is 0. The van der Waals surface area contributed by atoms with Gasteiger partial charge in [0, 0.05) is 60.2 Å². The summed E-state index contributed by atoms with van der Waals surface area (Å²) in [5.74, 6) is 0.600. The van der Waals surface area contributed by atoms with Gasteiger partial charge in [0.1, 0.15) is 0 Å². The molecule has 9 nitrogen and oxygen atoms in total. The first-order valence-corrected chi connectivity index (χ1v) is 13.4. The summed E-state index contributed by atoms with van der Waals surface area (Å²) in [7, 11) is 1.65. The van der Waals surface area contributed by atoms with Crippen molar-refractivity contribution in [2.24, 2.45) is 0 Å². The number of anilines is 3. The second kappa shape index (κ2) is 12.0. The van der Waals surface area contributed by atoms with Crippen molar-refractivity contribution >= 4 is 34.7 Å². The minimum atomic E-state index is -0.178. The van der Waals surface area contributed by atoms with Crippen molar-refractivity contribution in [1.29, 1.82) is 0 Å². The van der Waals surface area contributed by atoms with Crippen molar-refractivity contribution in [3.05, 3.63) is 108 Å². The molecule has 0 aliphatic heterocycles. The summed E-state index contributed by atoms with van der Waals surface area (Å²) in [6.07, 6.45) is 5.43. The van der Waals surface area contributed by atoms with E-state index in [4.69, 9.17) is 10.1 Å². The van der Waals surface area contributed by atoms with E-state index in [2.05, 4.69) is 29.5 Å². The van der Waals surface area contributed by atoms with Crippen LogP contribution in [0.25, 0.3) is 16.9 Å². The second-order valence-electron chi connectivity index (χ2n) is 10.1. The summed E-state index contributed by atoms with van der Waals surface area (Å²) in [4.78, 5) is 36.2. The Balaban J connectivity index is 1.37. The number of benzene rings is 3. The minimum absolute atomic E-state index is 0.0916. The maximum atomic E-state index is 12.9. The molecule has 0 spiro atoms. The van der Waals surface area contributed by atoms with Gasteiger partial charge in [0.05, 0.1) is 12.3 Å². The third-order valence-electron chi connectivity index (χ3n) is 6.81. The van der Waals surface area contributed by atoms with Crippen LogP contribution in [0.5, 0.6) is 0 Å². The molecule has 9 heteroatoms. The van der Waals surface area contributed by atoms with Gasteiger partial charge in [-0.05, 0) is 60.0 Å². The average molecular weight is 549 g/mol. The number of amides is 2. The Labute approximate surface area is 238 Å². The van der Waals surface area contributed by atoms with E-state index >= 15 is 0 Å². The molecule has 2 heterocycles. The number of carbonyl (C=O) groups is 2. The third-order valence-corrected chi connectivity index (χ3v) is 6.81. The van der Waals surface area contributed by atoms with Gasteiger partial charge in [-0.15, -0.1) is 0 Å². The largest absolute Gasteiger partial charge is 0.395 e. The maximum absolute atomic E-state index is 12.9. The number of hydrogen-bond acceptors (Lipinski definition) is 6. The third kappa shape index (κ3) is 6.26. The number of likely N-dealkylation sites (N-methyl/N-ethyl adjacent to an activating group) is 1. The highest BCUT2D eigenvalue weighted by Gasteiger charge is 2.14. The first-order chi connectivity index (χ1) is 19.8. The number of aliphatic hydroxyl groups is 1. The van der Waals surface area contributed by atoms with Crippen LogP contribution >= 0.6 is 0 Å². The maximum Gasteiger partial charge on any atom is 0.255 e. The molecule has 208 valence electrons. The van der Waals surface area contributed by atoms with Crippen LogP contribution in [-0.4, -0.2) is 56.4 Å². The Kier molecular flexibility index (Phi) is 8.07. The van der Waals surface area contributed by atoms with Gasteiger partial charge >= 0.3 is 0 Å². The summed E-state index contributed by atoms with van der Waals surface area (Å²) in [6.45, 7) is 4.42. The predicted octanol–water partition coefficient (Wildman–Crippen LogP) is 5.58. The standard InChI is InChI=1S/C32H32N6O3/c1-21(2)22-7-9-23(10-8-22)31(40)35-27-6-4-5-25(19-27)28-20-38-16-15-33-30(38)29(36-28)34-26-13-11-24(12-14-26)32(41)37(3)17-18-39/h4-16,19-21,39H,17-18H2,1-3H3,(H,34,36)(H,35,40). The van der Waals surface area contributed by atoms with E-state index in [9.17, 15) is 9.59 Å². The van der Waals surface area contributed by atoms with E-state index in [-0.39, 0.29) is 25.0 Å². The van der Waals surface area contributed by atoms with Crippen LogP contribution in [0, 0.1) is 0 Å². The smallest absolute Gasteiger partial charge is 0.255 e. The van der Waals surface area contributed by atoms with E-state index in [0.717, 1.165) is 11.3 Å². The molecular formula is C32H32N6O3. The first kappa shape index (κ1) is 27.5. The van der Waals surface area contributed by atoms with Gasteiger partial charge in [-0.1, -0.05) is 38.1 Å². The van der Waals surface area contributed by atoms with Crippen molar-refractivity contribution in [1.82, 2.24) is 19.3 Å². The van der Waals surface area contributed by atoms with E-state index in [1.165, 1.54) is 10.5 Å². The predicted molar refractivity (Wildman–Crippen MR) is 161 cm³/mol. The zero-order chi connectivity index (χ0) is 28.9. The van der Waals surface area contributed by atoms with Crippen LogP contribution in [0.2, 0.25) is 0 Å².